The van der Waals surface area contributed by atoms with E-state index in [0.717, 1.165) is 37.8 Å². The number of halogens is 2. The Bertz CT molecular complexity index is 1220. The van der Waals surface area contributed by atoms with Crippen molar-refractivity contribution in [3.8, 4) is 32.3 Å². The minimum Gasteiger partial charge on any atom is -0.235 e. The second-order valence-corrected chi connectivity index (χ2v) is 8.76. The number of thiazole rings is 1. The molecule has 4 rings (SSSR count). The minimum atomic E-state index is -2.48. The number of nitrogens with zero attached hydrogens (tertiary/aromatic N) is 1. The fraction of sp³-hybridized carbons (Fsp3) is 0.0455. The van der Waals surface area contributed by atoms with Gasteiger partial charge in [-0.2, -0.15) is 0 Å². The summed E-state index contributed by atoms with van der Waals surface area (Å²) >= 11 is 7.85. The van der Waals surface area contributed by atoms with Crippen molar-refractivity contribution in [2.75, 3.05) is 0 Å². The SMILES string of the molecule is O=[SH](=O)Cc1ccc(-c2sc(-c3ccccc3Cl)nc2-c2ccc(F)cc2)cc1. The Kier molecular flexibility index (Phi) is 5.76. The van der Waals surface area contributed by atoms with E-state index in [1.54, 1.807) is 24.3 Å². The summed E-state index contributed by atoms with van der Waals surface area (Å²) in [7, 11) is -2.48. The molecule has 1 aromatic heterocycles. The van der Waals surface area contributed by atoms with Crippen LogP contribution in [0.15, 0.2) is 72.8 Å². The summed E-state index contributed by atoms with van der Waals surface area (Å²) in [4.78, 5) is 5.71. The molecule has 3 nitrogen and oxygen atoms in total. The van der Waals surface area contributed by atoms with Crippen molar-refractivity contribution >= 4 is 33.6 Å². The highest BCUT2D eigenvalue weighted by atomic mass is 35.5. The molecule has 1 heterocycles. The molecule has 0 fully saturated rings. The van der Waals surface area contributed by atoms with E-state index in [4.69, 9.17) is 16.6 Å². The van der Waals surface area contributed by atoms with Crippen LogP contribution in [0, 0.1) is 5.82 Å². The van der Waals surface area contributed by atoms with Crippen LogP contribution in [-0.4, -0.2) is 13.4 Å². The first-order valence-electron chi connectivity index (χ1n) is 8.74. The molecule has 7 heteroatoms. The first-order chi connectivity index (χ1) is 14.0. The Hall–Kier alpha value is -2.54. The smallest absolute Gasteiger partial charge is 0.144 e. The summed E-state index contributed by atoms with van der Waals surface area (Å²) in [5.74, 6) is -0.304. The third kappa shape index (κ3) is 4.40. The molecule has 0 N–H and O–H groups in total. The fourth-order valence-corrected chi connectivity index (χ4v) is 4.90. The summed E-state index contributed by atoms with van der Waals surface area (Å²) in [6.45, 7) is 0. The number of hydrogen-bond donors (Lipinski definition) is 1. The van der Waals surface area contributed by atoms with Gasteiger partial charge in [0.15, 0.2) is 0 Å². The molecule has 0 atom stereocenters. The highest BCUT2D eigenvalue weighted by Crippen LogP contribution is 2.42. The van der Waals surface area contributed by atoms with Crippen molar-refractivity contribution in [1.29, 1.82) is 0 Å². The zero-order valence-electron chi connectivity index (χ0n) is 15.0. The van der Waals surface area contributed by atoms with Gasteiger partial charge in [0.2, 0.25) is 0 Å². The van der Waals surface area contributed by atoms with Crippen molar-refractivity contribution in [1.82, 2.24) is 4.98 Å². The van der Waals surface area contributed by atoms with Crippen LogP contribution in [0.3, 0.4) is 0 Å². The lowest BCUT2D eigenvalue weighted by molar-refractivity contribution is 0.614. The van der Waals surface area contributed by atoms with Crippen LogP contribution in [-0.2, 0) is 16.5 Å². The van der Waals surface area contributed by atoms with Crippen LogP contribution in [0.2, 0.25) is 5.02 Å². The normalized spacial score (nSPS) is 11.1. The fourth-order valence-electron chi connectivity index (χ4n) is 2.98. The molecule has 146 valence electrons. The van der Waals surface area contributed by atoms with E-state index in [-0.39, 0.29) is 11.6 Å². The molecule has 0 bridgehead atoms. The molecule has 0 aliphatic carbocycles. The Morgan fingerprint density at radius 3 is 2.21 bits per heavy atom. The second kappa shape index (κ2) is 8.45. The second-order valence-electron chi connectivity index (χ2n) is 6.37. The van der Waals surface area contributed by atoms with E-state index in [0.29, 0.717) is 5.02 Å². The highest BCUT2D eigenvalue weighted by Gasteiger charge is 2.17. The van der Waals surface area contributed by atoms with Crippen molar-refractivity contribution in [3.63, 3.8) is 0 Å². The summed E-state index contributed by atoms with van der Waals surface area (Å²) in [5.41, 5.74) is 3.98. The van der Waals surface area contributed by atoms with Gasteiger partial charge in [0, 0.05) is 11.1 Å². The molecule has 3 aromatic carbocycles. The average Bonchev–Trinajstić information content (AvgIpc) is 3.14. The zero-order chi connectivity index (χ0) is 20.4. The predicted octanol–water partition coefficient (Wildman–Crippen LogP) is 6.05. The van der Waals surface area contributed by atoms with Crippen molar-refractivity contribution in [3.05, 3.63) is 89.2 Å². The third-order valence-corrected chi connectivity index (χ3v) is 6.47. The van der Waals surface area contributed by atoms with Gasteiger partial charge in [-0.3, -0.25) is 0 Å². The molecule has 0 aliphatic heterocycles. The minimum absolute atomic E-state index is 0.00793. The topological polar surface area (TPSA) is 47.0 Å². The molecule has 29 heavy (non-hydrogen) atoms. The molecular weight excluding hydrogens is 429 g/mol. The van der Waals surface area contributed by atoms with Crippen LogP contribution in [0.25, 0.3) is 32.3 Å². The van der Waals surface area contributed by atoms with Gasteiger partial charge in [-0.25, -0.2) is 17.8 Å². The summed E-state index contributed by atoms with van der Waals surface area (Å²) in [6.07, 6.45) is 0. The molecule has 0 amide bonds. The largest absolute Gasteiger partial charge is 0.235 e. The molecule has 4 aromatic rings. The van der Waals surface area contributed by atoms with E-state index in [1.807, 2.05) is 36.4 Å². The number of benzene rings is 3. The Balaban J connectivity index is 1.85. The van der Waals surface area contributed by atoms with E-state index >= 15 is 0 Å². The molecule has 0 saturated carbocycles. The Morgan fingerprint density at radius 1 is 0.897 bits per heavy atom. The van der Waals surface area contributed by atoms with E-state index in [2.05, 4.69) is 0 Å². The van der Waals surface area contributed by atoms with Crippen molar-refractivity contribution in [2.45, 2.75) is 5.75 Å². The predicted molar refractivity (Wildman–Crippen MR) is 117 cm³/mol. The van der Waals surface area contributed by atoms with Crippen LogP contribution in [0.4, 0.5) is 4.39 Å². The van der Waals surface area contributed by atoms with Crippen molar-refractivity contribution in [2.24, 2.45) is 0 Å². The van der Waals surface area contributed by atoms with Gasteiger partial charge in [0.25, 0.3) is 0 Å². The van der Waals surface area contributed by atoms with Gasteiger partial charge < -0.3 is 0 Å². The maximum Gasteiger partial charge on any atom is 0.144 e. The van der Waals surface area contributed by atoms with Crippen LogP contribution in [0.1, 0.15) is 5.56 Å². The summed E-state index contributed by atoms with van der Waals surface area (Å²) in [5, 5.41) is 1.37. The van der Waals surface area contributed by atoms with Gasteiger partial charge in [0.1, 0.15) is 21.5 Å². The van der Waals surface area contributed by atoms with Gasteiger partial charge >= 0.3 is 0 Å². The van der Waals surface area contributed by atoms with Gasteiger partial charge in [-0.1, -0.05) is 54.1 Å². The number of hydrogen-bond acceptors (Lipinski definition) is 4. The summed E-state index contributed by atoms with van der Waals surface area (Å²) < 4.78 is 35.3. The quantitative estimate of drug-likeness (QED) is 0.382. The number of thiol groups is 1. The Morgan fingerprint density at radius 2 is 1.55 bits per heavy atom. The van der Waals surface area contributed by atoms with Crippen molar-refractivity contribution < 1.29 is 12.8 Å². The first-order valence-corrected chi connectivity index (χ1v) is 11.3. The van der Waals surface area contributed by atoms with E-state index in [1.165, 1.54) is 23.5 Å². The van der Waals surface area contributed by atoms with E-state index in [9.17, 15) is 12.8 Å². The highest BCUT2D eigenvalue weighted by molar-refractivity contribution is 7.71. The zero-order valence-corrected chi connectivity index (χ0v) is 17.5. The van der Waals surface area contributed by atoms with E-state index < -0.39 is 10.7 Å². The lowest BCUT2D eigenvalue weighted by Gasteiger charge is -2.04. The lowest BCUT2D eigenvalue weighted by Crippen LogP contribution is -1.87. The molecule has 0 unspecified atom stereocenters. The Labute approximate surface area is 178 Å². The maximum atomic E-state index is 13.4. The van der Waals surface area contributed by atoms with Gasteiger partial charge in [-0.05, 0) is 41.5 Å². The molecule has 0 saturated heterocycles. The van der Waals surface area contributed by atoms with Crippen LogP contribution < -0.4 is 0 Å². The molecule has 0 aliphatic rings. The third-order valence-electron chi connectivity index (χ3n) is 4.38. The standard InChI is InChI=1S/C22H15ClFNO2S2/c23-19-4-2-1-3-18(19)22-25-20(15-9-11-17(24)12-10-15)21(28-22)16-7-5-14(6-8-16)13-29(26)27/h1-12,29H,13H2. The molecular formula is C22H15ClFNO2S2. The van der Waals surface area contributed by atoms with Gasteiger partial charge in [0.05, 0.1) is 21.3 Å². The van der Waals surface area contributed by atoms with Crippen LogP contribution in [0.5, 0.6) is 0 Å². The van der Waals surface area contributed by atoms with Gasteiger partial charge in [-0.15, -0.1) is 11.3 Å². The lowest BCUT2D eigenvalue weighted by atomic mass is 10.1. The monoisotopic (exact) mass is 443 g/mol. The molecule has 0 spiro atoms. The number of aromatic nitrogens is 1. The molecule has 0 radical (unpaired) electrons. The first kappa shape index (κ1) is 19.8. The maximum absolute atomic E-state index is 13.4. The van der Waals surface area contributed by atoms with Crippen LogP contribution >= 0.6 is 22.9 Å². The summed E-state index contributed by atoms with van der Waals surface area (Å²) in [6, 6.07) is 21.0. The number of rotatable bonds is 5. The average molecular weight is 444 g/mol.